The van der Waals surface area contributed by atoms with E-state index in [1.165, 1.54) is 11.9 Å². The van der Waals surface area contributed by atoms with Crippen LogP contribution in [0.2, 0.25) is 0 Å². The zero-order chi connectivity index (χ0) is 12.5. The lowest BCUT2D eigenvalue weighted by Crippen LogP contribution is -2.35. The Kier molecular flexibility index (Phi) is 2.82. The number of aromatic nitrogens is 1. The first kappa shape index (κ1) is 11.3. The normalized spacial score (nSPS) is 16.2. The van der Waals surface area contributed by atoms with E-state index in [0.29, 0.717) is 0 Å². The molecule has 3 heteroatoms. The highest BCUT2D eigenvalue weighted by atomic mass is 16.2. The number of benzene rings is 1. The predicted molar refractivity (Wildman–Crippen MR) is 72.7 cm³/mol. The highest BCUT2D eigenvalue weighted by Gasteiger charge is 2.18. The van der Waals surface area contributed by atoms with Crippen molar-refractivity contribution in [2.75, 3.05) is 13.1 Å². The molecule has 3 rings (SSSR count). The molecule has 3 nitrogen and oxygen atoms in total. The molecule has 0 N–H and O–H groups in total. The number of hydrogen-bond acceptors (Lipinski definition) is 1. The molecule has 1 amide bonds. The summed E-state index contributed by atoms with van der Waals surface area (Å²) in [5, 5.41) is 1.14. The van der Waals surface area contributed by atoms with Gasteiger partial charge in [0.1, 0.15) is 0 Å². The van der Waals surface area contributed by atoms with Crippen molar-refractivity contribution < 1.29 is 4.79 Å². The summed E-state index contributed by atoms with van der Waals surface area (Å²) in [5.41, 5.74) is 1.99. The monoisotopic (exact) mass is 242 g/mol. The van der Waals surface area contributed by atoms with Crippen molar-refractivity contribution in [3.63, 3.8) is 0 Å². The molecule has 1 aliphatic heterocycles. The van der Waals surface area contributed by atoms with Crippen molar-refractivity contribution in [2.24, 2.45) is 7.05 Å². The highest BCUT2D eigenvalue weighted by Crippen LogP contribution is 2.19. The first-order chi connectivity index (χ1) is 8.75. The van der Waals surface area contributed by atoms with Gasteiger partial charge >= 0.3 is 0 Å². The lowest BCUT2D eigenvalue weighted by Gasteiger charge is -2.26. The van der Waals surface area contributed by atoms with Gasteiger partial charge in [-0.15, -0.1) is 0 Å². The maximum absolute atomic E-state index is 12.4. The Morgan fingerprint density at radius 1 is 1.11 bits per heavy atom. The standard InChI is InChI=1S/C15H18N2O/c1-16-10-7-12-11-13(5-6-14(12)16)15(18)17-8-3-2-4-9-17/h5-7,10-11H,2-4,8-9H2,1H3. The molecular weight excluding hydrogens is 224 g/mol. The Hall–Kier alpha value is -1.77. The van der Waals surface area contributed by atoms with Crippen LogP contribution in [0.4, 0.5) is 0 Å². The van der Waals surface area contributed by atoms with Crippen LogP contribution in [0.15, 0.2) is 30.5 Å². The van der Waals surface area contributed by atoms with Gasteiger partial charge in [0.15, 0.2) is 0 Å². The van der Waals surface area contributed by atoms with Gasteiger partial charge in [-0.1, -0.05) is 0 Å². The summed E-state index contributed by atoms with van der Waals surface area (Å²) in [6, 6.07) is 8.04. The van der Waals surface area contributed by atoms with E-state index in [9.17, 15) is 4.79 Å². The summed E-state index contributed by atoms with van der Waals surface area (Å²) in [7, 11) is 2.02. The second kappa shape index (κ2) is 4.48. The van der Waals surface area contributed by atoms with E-state index < -0.39 is 0 Å². The number of fused-ring (bicyclic) bond motifs is 1. The number of carbonyl (C=O) groups is 1. The summed E-state index contributed by atoms with van der Waals surface area (Å²) >= 11 is 0. The molecule has 2 heterocycles. The van der Waals surface area contributed by atoms with Crippen molar-refractivity contribution in [1.82, 2.24) is 9.47 Å². The van der Waals surface area contributed by atoms with Crippen molar-refractivity contribution in [1.29, 1.82) is 0 Å². The average molecular weight is 242 g/mol. The van der Waals surface area contributed by atoms with Crippen LogP contribution >= 0.6 is 0 Å². The third kappa shape index (κ3) is 1.90. The summed E-state index contributed by atoms with van der Waals surface area (Å²) in [4.78, 5) is 14.3. The largest absolute Gasteiger partial charge is 0.351 e. The van der Waals surface area contributed by atoms with Crippen LogP contribution in [-0.2, 0) is 7.05 Å². The number of nitrogens with zero attached hydrogens (tertiary/aromatic N) is 2. The molecule has 1 aromatic heterocycles. The summed E-state index contributed by atoms with van der Waals surface area (Å²) in [6.07, 6.45) is 5.56. The van der Waals surface area contributed by atoms with Crippen LogP contribution in [0, 0.1) is 0 Å². The van der Waals surface area contributed by atoms with Crippen LogP contribution in [0.1, 0.15) is 29.6 Å². The molecule has 0 aliphatic carbocycles. The Labute approximate surface area is 107 Å². The Morgan fingerprint density at radius 2 is 1.89 bits per heavy atom. The molecule has 1 aliphatic rings. The Balaban J connectivity index is 1.91. The molecule has 94 valence electrons. The number of carbonyl (C=O) groups excluding carboxylic acids is 1. The maximum Gasteiger partial charge on any atom is 0.253 e. The molecule has 1 aromatic carbocycles. The van der Waals surface area contributed by atoms with Crippen LogP contribution in [-0.4, -0.2) is 28.5 Å². The predicted octanol–water partition coefficient (Wildman–Crippen LogP) is 2.80. The van der Waals surface area contributed by atoms with Gasteiger partial charge in [-0.2, -0.15) is 0 Å². The lowest BCUT2D eigenvalue weighted by atomic mass is 10.1. The van der Waals surface area contributed by atoms with Crippen LogP contribution in [0.3, 0.4) is 0 Å². The molecule has 0 spiro atoms. The molecule has 0 atom stereocenters. The topological polar surface area (TPSA) is 25.2 Å². The van der Waals surface area contributed by atoms with Crippen molar-refractivity contribution in [3.8, 4) is 0 Å². The van der Waals surface area contributed by atoms with Crippen LogP contribution < -0.4 is 0 Å². The first-order valence-electron chi connectivity index (χ1n) is 6.60. The van der Waals surface area contributed by atoms with Gasteiger partial charge < -0.3 is 9.47 Å². The highest BCUT2D eigenvalue weighted by molar-refractivity contribution is 5.98. The second-order valence-corrected chi connectivity index (χ2v) is 5.05. The van der Waals surface area contributed by atoms with Crippen molar-refractivity contribution in [3.05, 3.63) is 36.0 Å². The van der Waals surface area contributed by atoms with E-state index in [4.69, 9.17) is 0 Å². The van der Waals surface area contributed by atoms with Crippen LogP contribution in [0.5, 0.6) is 0 Å². The van der Waals surface area contributed by atoms with E-state index in [-0.39, 0.29) is 5.91 Å². The second-order valence-electron chi connectivity index (χ2n) is 5.05. The minimum absolute atomic E-state index is 0.181. The quantitative estimate of drug-likeness (QED) is 0.755. The molecule has 0 unspecified atom stereocenters. The first-order valence-corrected chi connectivity index (χ1v) is 6.60. The molecular formula is C15H18N2O. The molecule has 0 radical (unpaired) electrons. The zero-order valence-corrected chi connectivity index (χ0v) is 10.7. The van der Waals surface area contributed by atoms with Gasteiger partial charge in [-0.3, -0.25) is 4.79 Å². The van der Waals surface area contributed by atoms with E-state index in [2.05, 4.69) is 10.6 Å². The van der Waals surface area contributed by atoms with Gasteiger partial charge in [0.25, 0.3) is 5.91 Å². The number of rotatable bonds is 1. The molecule has 1 fully saturated rings. The Bertz CT molecular complexity index is 579. The number of piperidine rings is 1. The van der Waals surface area contributed by atoms with Gasteiger partial charge in [0.2, 0.25) is 0 Å². The van der Waals surface area contributed by atoms with Crippen molar-refractivity contribution >= 4 is 16.8 Å². The molecule has 18 heavy (non-hydrogen) atoms. The van der Waals surface area contributed by atoms with E-state index in [1.807, 2.05) is 36.3 Å². The SMILES string of the molecule is Cn1ccc2cc(C(=O)N3CCCCC3)ccc21. The van der Waals surface area contributed by atoms with E-state index >= 15 is 0 Å². The Morgan fingerprint density at radius 3 is 2.67 bits per heavy atom. The number of aryl methyl sites for hydroxylation is 1. The van der Waals surface area contributed by atoms with E-state index in [0.717, 1.165) is 36.9 Å². The minimum atomic E-state index is 0.181. The minimum Gasteiger partial charge on any atom is -0.351 e. The fourth-order valence-corrected chi connectivity index (χ4v) is 2.69. The average Bonchev–Trinajstić information content (AvgIpc) is 2.80. The van der Waals surface area contributed by atoms with E-state index in [1.54, 1.807) is 0 Å². The third-order valence-electron chi connectivity index (χ3n) is 3.78. The fraction of sp³-hybridized carbons (Fsp3) is 0.400. The lowest BCUT2D eigenvalue weighted by molar-refractivity contribution is 0.0724. The van der Waals surface area contributed by atoms with Crippen LogP contribution in [0.25, 0.3) is 10.9 Å². The van der Waals surface area contributed by atoms with Gasteiger partial charge in [-0.25, -0.2) is 0 Å². The van der Waals surface area contributed by atoms with Gasteiger partial charge in [0, 0.05) is 42.8 Å². The molecule has 0 saturated carbocycles. The third-order valence-corrected chi connectivity index (χ3v) is 3.78. The van der Waals surface area contributed by atoms with Gasteiger partial charge in [-0.05, 0) is 43.5 Å². The van der Waals surface area contributed by atoms with Gasteiger partial charge in [0.05, 0.1) is 0 Å². The smallest absolute Gasteiger partial charge is 0.253 e. The summed E-state index contributed by atoms with van der Waals surface area (Å²) in [5.74, 6) is 0.181. The number of likely N-dealkylation sites (tertiary alicyclic amines) is 1. The number of hydrogen-bond donors (Lipinski definition) is 0. The summed E-state index contributed by atoms with van der Waals surface area (Å²) in [6.45, 7) is 1.82. The number of amides is 1. The molecule has 2 aromatic rings. The van der Waals surface area contributed by atoms with Crippen molar-refractivity contribution in [2.45, 2.75) is 19.3 Å². The summed E-state index contributed by atoms with van der Waals surface area (Å²) < 4.78 is 2.07. The fourth-order valence-electron chi connectivity index (χ4n) is 2.69. The zero-order valence-electron chi connectivity index (χ0n) is 10.7. The molecule has 0 bridgehead atoms. The molecule has 1 saturated heterocycles. The maximum atomic E-state index is 12.4.